The van der Waals surface area contributed by atoms with E-state index < -0.39 is 0 Å². The van der Waals surface area contributed by atoms with Gasteiger partial charge in [0.15, 0.2) is 0 Å². The van der Waals surface area contributed by atoms with Gasteiger partial charge >= 0.3 is 0 Å². The maximum Gasteiger partial charge on any atom is 0.254 e. The van der Waals surface area contributed by atoms with Crippen molar-refractivity contribution in [1.82, 2.24) is 9.80 Å². The second-order valence-electron chi connectivity index (χ2n) is 4.89. The topological polar surface area (TPSA) is 60.9 Å². The molecule has 1 N–H and O–H groups in total. The van der Waals surface area contributed by atoms with Gasteiger partial charge < -0.3 is 14.9 Å². The van der Waals surface area contributed by atoms with E-state index in [0.29, 0.717) is 31.6 Å². The first kappa shape index (κ1) is 14.5. The Morgan fingerprint density at radius 2 is 1.95 bits per heavy atom. The first-order valence-corrected chi connectivity index (χ1v) is 6.92. The van der Waals surface area contributed by atoms with Crippen molar-refractivity contribution in [1.29, 1.82) is 0 Å². The van der Waals surface area contributed by atoms with E-state index in [1.807, 2.05) is 25.1 Å². The molecule has 1 atom stereocenters. The average molecular weight is 276 g/mol. The maximum atomic E-state index is 12.4. The average Bonchev–Trinajstić information content (AvgIpc) is 2.53. The van der Waals surface area contributed by atoms with Crippen molar-refractivity contribution in [3.63, 3.8) is 0 Å². The lowest BCUT2D eigenvalue weighted by Crippen LogP contribution is -2.57. The van der Waals surface area contributed by atoms with E-state index in [1.165, 1.54) is 0 Å². The van der Waals surface area contributed by atoms with Gasteiger partial charge in [0.2, 0.25) is 5.91 Å². The molecule has 20 heavy (non-hydrogen) atoms. The third-order valence-corrected chi connectivity index (χ3v) is 3.63. The van der Waals surface area contributed by atoms with Gasteiger partial charge in [0, 0.05) is 31.6 Å². The molecule has 1 aromatic carbocycles. The minimum Gasteiger partial charge on any atom is -0.394 e. The number of hydrogen-bond donors (Lipinski definition) is 1. The predicted molar refractivity (Wildman–Crippen MR) is 75.2 cm³/mol. The third-order valence-electron chi connectivity index (χ3n) is 3.63. The van der Waals surface area contributed by atoms with Crippen LogP contribution in [0.1, 0.15) is 23.7 Å². The fourth-order valence-corrected chi connectivity index (χ4v) is 2.48. The molecule has 1 aliphatic heterocycles. The highest BCUT2D eigenvalue weighted by molar-refractivity contribution is 5.94. The van der Waals surface area contributed by atoms with Crippen molar-refractivity contribution in [2.24, 2.45) is 0 Å². The number of carbonyl (C=O) groups is 2. The SMILES string of the molecule is CCC(=O)N1CCN(C(=O)c2ccccc2)[C@H](CO)C1. The van der Waals surface area contributed by atoms with E-state index in [4.69, 9.17) is 0 Å². The molecule has 0 saturated carbocycles. The first-order valence-electron chi connectivity index (χ1n) is 6.92. The Bertz CT molecular complexity index is 475. The number of amides is 2. The normalized spacial score (nSPS) is 19.0. The van der Waals surface area contributed by atoms with E-state index in [2.05, 4.69) is 0 Å². The van der Waals surface area contributed by atoms with Gasteiger partial charge in [-0.3, -0.25) is 9.59 Å². The van der Waals surface area contributed by atoms with Crippen LogP contribution in [-0.2, 0) is 4.79 Å². The van der Waals surface area contributed by atoms with E-state index in [1.54, 1.807) is 21.9 Å². The quantitative estimate of drug-likeness (QED) is 0.886. The van der Waals surface area contributed by atoms with E-state index in [-0.39, 0.29) is 24.5 Å². The Hall–Kier alpha value is -1.88. The van der Waals surface area contributed by atoms with E-state index >= 15 is 0 Å². The van der Waals surface area contributed by atoms with Crippen LogP contribution < -0.4 is 0 Å². The highest BCUT2D eigenvalue weighted by atomic mass is 16.3. The zero-order valence-electron chi connectivity index (χ0n) is 11.7. The van der Waals surface area contributed by atoms with Gasteiger partial charge in [0.05, 0.1) is 12.6 Å². The Kier molecular flexibility index (Phi) is 4.74. The van der Waals surface area contributed by atoms with Gasteiger partial charge in [0.25, 0.3) is 5.91 Å². The van der Waals surface area contributed by atoms with Gasteiger partial charge in [0.1, 0.15) is 0 Å². The van der Waals surface area contributed by atoms with Crippen LogP contribution in [0.5, 0.6) is 0 Å². The number of carbonyl (C=O) groups excluding carboxylic acids is 2. The largest absolute Gasteiger partial charge is 0.394 e. The number of aliphatic hydroxyl groups excluding tert-OH is 1. The van der Waals surface area contributed by atoms with Crippen molar-refractivity contribution in [2.75, 3.05) is 26.2 Å². The van der Waals surface area contributed by atoms with Crippen LogP contribution in [0.25, 0.3) is 0 Å². The molecule has 0 aliphatic carbocycles. The first-order chi connectivity index (χ1) is 9.67. The van der Waals surface area contributed by atoms with Gasteiger partial charge in [-0.15, -0.1) is 0 Å². The van der Waals surface area contributed by atoms with Crippen LogP contribution in [0.3, 0.4) is 0 Å². The van der Waals surface area contributed by atoms with Crippen molar-refractivity contribution in [3.8, 4) is 0 Å². The number of rotatable bonds is 3. The molecule has 5 heteroatoms. The summed E-state index contributed by atoms with van der Waals surface area (Å²) in [5.41, 5.74) is 0.612. The van der Waals surface area contributed by atoms with Crippen LogP contribution in [0.15, 0.2) is 30.3 Å². The Balaban J connectivity index is 2.10. The fourth-order valence-electron chi connectivity index (χ4n) is 2.48. The maximum absolute atomic E-state index is 12.4. The molecular weight excluding hydrogens is 256 g/mol. The number of hydrogen-bond acceptors (Lipinski definition) is 3. The summed E-state index contributed by atoms with van der Waals surface area (Å²) in [5, 5.41) is 9.50. The third kappa shape index (κ3) is 2.99. The molecular formula is C15H20N2O3. The highest BCUT2D eigenvalue weighted by Gasteiger charge is 2.31. The molecule has 1 heterocycles. The monoisotopic (exact) mass is 276 g/mol. The summed E-state index contributed by atoms with van der Waals surface area (Å²) in [6.45, 7) is 3.08. The standard InChI is InChI=1S/C15H20N2O3/c1-2-14(19)16-8-9-17(13(10-16)11-18)15(20)12-6-4-3-5-7-12/h3-7,13,18H,2,8-11H2,1H3/t13-/m0/s1. The summed E-state index contributed by atoms with van der Waals surface area (Å²) in [5.74, 6) is -0.0245. The summed E-state index contributed by atoms with van der Waals surface area (Å²) in [6, 6.07) is 8.70. The van der Waals surface area contributed by atoms with Crippen molar-refractivity contribution < 1.29 is 14.7 Å². The molecule has 108 valence electrons. The molecule has 1 aromatic rings. The molecule has 1 saturated heterocycles. The molecule has 2 amide bonds. The minimum atomic E-state index is -0.327. The summed E-state index contributed by atoms with van der Waals surface area (Å²) < 4.78 is 0. The van der Waals surface area contributed by atoms with Crippen LogP contribution in [0.4, 0.5) is 0 Å². The Labute approximate surface area is 118 Å². The Morgan fingerprint density at radius 1 is 1.25 bits per heavy atom. The van der Waals surface area contributed by atoms with Gasteiger partial charge in [-0.2, -0.15) is 0 Å². The summed E-state index contributed by atoms with van der Waals surface area (Å²) >= 11 is 0. The molecule has 2 rings (SSSR count). The van der Waals surface area contributed by atoms with Crippen molar-refractivity contribution >= 4 is 11.8 Å². The lowest BCUT2D eigenvalue weighted by Gasteiger charge is -2.40. The molecule has 1 fully saturated rings. The molecule has 0 spiro atoms. The molecule has 1 aliphatic rings. The van der Waals surface area contributed by atoms with Gasteiger partial charge in [-0.05, 0) is 12.1 Å². The second kappa shape index (κ2) is 6.52. The number of piperazine rings is 1. The second-order valence-corrected chi connectivity index (χ2v) is 4.89. The molecule has 0 aromatic heterocycles. The number of nitrogens with zero attached hydrogens (tertiary/aromatic N) is 2. The van der Waals surface area contributed by atoms with E-state index in [0.717, 1.165) is 0 Å². The number of aliphatic hydroxyl groups is 1. The summed E-state index contributed by atoms with van der Waals surface area (Å²) in [7, 11) is 0. The summed E-state index contributed by atoms with van der Waals surface area (Å²) in [6.07, 6.45) is 0.449. The molecule has 0 radical (unpaired) electrons. The van der Waals surface area contributed by atoms with Crippen LogP contribution in [0, 0.1) is 0 Å². The Morgan fingerprint density at radius 3 is 2.55 bits per heavy atom. The molecule has 0 unspecified atom stereocenters. The molecule has 5 nitrogen and oxygen atoms in total. The smallest absolute Gasteiger partial charge is 0.254 e. The minimum absolute atomic E-state index is 0.0651. The van der Waals surface area contributed by atoms with Gasteiger partial charge in [-0.1, -0.05) is 25.1 Å². The number of benzene rings is 1. The lowest BCUT2D eigenvalue weighted by molar-refractivity contribution is -0.133. The fraction of sp³-hybridized carbons (Fsp3) is 0.467. The van der Waals surface area contributed by atoms with Crippen LogP contribution >= 0.6 is 0 Å². The lowest BCUT2D eigenvalue weighted by atomic mass is 10.1. The van der Waals surface area contributed by atoms with Gasteiger partial charge in [-0.25, -0.2) is 0 Å². The van der Waals surface area contributed by atoms with Crippen LogP contribution in [-0.4, -0.2) is 59.0 Å². The van der Waals surface area contributed by atoms with Crippen LogP contribution in [0.2, 0.25) is 0 Å². The van der Waals surface area contributed by atoms with Crippen molar-refractivity contribution in [2.45, 2.75) is 19.4 Å². The van der Waals surface area contributed by atoms with E-state index in [9.17, 15) is 14.7 Å². The van der Waals surface area contributed by atoms with Crippen molar-refractivity contribution in [3.05, 3.63) is 35.9 Å². The highest BCUT2D eigenvalue weighted by Crippen LogP contribution is 2.14. The molecule has 0 bridgehead atoms. The summed E-state index contributed by atoms with van der Waals surface area (Å²) in [4.78, 5) is 27.5. The zero-order valence-corrected chi connectivity index (χ0v) is 11.7. The zero-order chi connectivity index (χ0) is 14.5. The predicted octanol–water partition coefficient (Wildman–Crippen LogP) is 0.742.